The third kappa shape index (κ3) is 7.37. The van der Waals surface area contributed by atoms with Crippen LogP contribution in [0.3, 0.4) is 0 Å². The van der Waals surface area contributed by atoms with Crippen molar-refractivity contribution < 1.29 is 17.6 Å². The number of carbonyl (C=O) groups is 1. The summed E-state index contributed by atoms with van der Waals surface area (Å²) in [6.45, 7) is 11.9. The molecule has 0 aliphatic carbocycles. The second-order valence-electron chi connectivity index (χ2n) is 9.23. The highest BCUT2D eigenvalue weighted by atomic mass is 32.2. The summed E-state index contributed by atoms with van der Waals surface area (Å²) in [6.07, 6.45) is 3.42. The van der Waals surface area contributed by atoms with Crippen LogP contribution in [-0.2, 0) is 10.0 Å². The quantitative estimate of drug-likeness (QED) is 0.227. The molecule has 0 atom stereocenters. The minimum atomic E-state index is -3.65. The highest BCUT2D eigenvalue weighted by molar-refractivity contribution is 7.89. The number of aromatic nitrogens is 1. The number of hydrogen-bond acceptors (Lipinski definition) is 6. The van der Waals surface area contributed by atoms with E-state index in [4.69, 9.17) is 0 Å². The van der Waals surface area contributed by atoms with Crippen LogP contribution in [0.4, 0.5) is 9.52 Å². The Morgan fingerprint density at radius 3 is 2.11 bits per heavy atom. The molecular weight excluding hydrogens is 523 g/mol. The van der Waals surface area contributed by atoms with Gasteiger partial charge in [0.25, 0.3) is 5.91 Å². The second-order valence-corrected chi connectivity index (χ2v) is 12.2. The van der Waals surface area contributed by atoms with E-state index in [1.54, 1.807) is 27.4 Å². The third-order valence-electron chi connectivity index (χ3n) is 6.61. The second kappa shape index (κ2) is 14.1. The van der Waals surface area contributed by atoms with Crippen LogP contribution in [0.15, 0.2) is 47.4 Å². The first kappa shape index (κ1) is 30.1. The molecule has 1 aromatic heterocycles. The maximum Gasteiger partial charge on any atom is 0.260 e. The lowest BCUT2D eigenvalue weighted by molar-refractivity contribution is 0.0983. The van der Waals surface area contributed by atoms with Crippen molar-refractivity contribution in [2.45, 2.75) is 58.3 Å². The molecule has 38 heavy (non-hydrogen) atoms. The maximum absolute atomic E-state index is 13.8. The zero-order valence-corrected chi connectivity index (χ0v) is 24.5. The number of likely N-dealkylation sites (N-methyl/N-ethyl adjacent to an activating group) is 1. The van der Waals surface area contributed by atoms with E-state index in [-0.39, 0.29) is 16.6 Å². The number of hydrogen-bond donors (Lipinski definition) is 0. The summed E-state index contributed by atoms with van der Waals surface area (Å²) in [6, 6.07) is 10.6. The van der Waals surface area contributed by atoms with Gasteiger partial charge in [0.15, 0.2) is 5.13 Å². The number of carbonyl (C=O) groups excluding carboxylic acids is 1. The molecule has 3 aromatic rings. The topological polar surface area (TPSA) is 73.8 Å². The minimum Gasteiger partial charge on any atom is -0.302 e. The number of amides is 1. The zero-order valence-electron chi connectivity index (χ0n) is 22.8. The molecule has 0 radical (unpaired) electrons. The lowest BCUT2D eigenvalue weighted by atomic mass is 10.2. The molecule has 208 valence electrons. The summed E-state index contributed by atoms with van der Waals surface area (Å²) in [5, 5.41) is 0.491. The van der Waals surface area contributed by atoms with E-state index in [0.29, 0.717) is 47.1 Å². The fourth-order valence-electron chi connectivity index (χ4n) is 4.16. The number of unbranched alkanes of at least 4 members (excludes halogenated alkanes) is 2. The Bertz CT molecular complexity index is 1280. The zero-order chi connectivity index (χ0) is 27.7. The van der Waals surface area contributed by atoms with Crippen LogP contribution in [0.2, 0.25) is 0 Å². The van der Waals surface area contributed by atoms with Crippen molar-refractivity contribution in [2.75, 3.05) is 44.2 Å². The van der Waals surface area contributed by atoms with E-state index in [2.05, 4.69) is 23.7 Å². The van der Waals surface area contributed by atoms with Crippen LogP contribution in [0.1, 0.15) is 63.7 Å². The highest BCUT2D eigenvalue weighted by Gasteiger charge is 2.26. The summed E-state index contributed by atoms with van der Waals surface area (Å²) >= 11 is 1.27. The summed E-state index contributed by atoms with van der Waals surface area (Å²) in [7, 11) is -3.65. The molecule has 0 spiro atoms. The number of anilines is 1. The molecule has 0 N–H and O–H groups in total. The van der Waals surface area contributed by atoms with Crippen LogP contribution in [0.5, 0.6) is 0 Å². The number of rotatable bonds is 15. The molecule has 0 unspecified atom stereocenters. The molecule has 0 saturated heterocycles. The van der Waals surface area contributed by atoms with Crippen LogP contribution >= 0.6 is 11.3 Å². The van der Waals surface area contributed by atoms with Crippen LogP contribution in [0, 0.1) is 5.82 Å². The van der Waals surface area contributed by atoms with Gasteiger partial charge >= 0.3 is 0 Å². The van der Waals surface area contributed by atoms with Gasteiger partial charge in [0.1, 0.15) is 5.82 Å². The highest BCUT2D eigenvalue weighted by Crippen LogP contribution is 2.30. The summed E-state index contributed by atoms with van der Waals surface area (Å²) in [5.41, 5.74) is 1.01. The first-order valence-electron chi connectivity index (χ1n) is 13.5. The number of thiazole rings is 1. The van der Waals surface area contributed by atoms with Crippen LogP contribution < -0.4 is 4.90 Å². The first-order valence-corrected chi connectivity index (χ1v) is 15.7. The molecule has 0 saturated carbocycles. The third-order valence-corrected chi connectivity index (χ3v) is 9.56. The van der Waals surface area contributed by atoms with E-state index >= 15 is 0 Å². The van der Waals surface area contributed by atoms with Gasteiger partial charge in [0.05, 0.1) is 15.1 Å². The van der Waals surface area contributed by atoms with E-state index in [9.17, 15) is 17.6 Å². The maximum atomic E-state index is 13.8. The van der Waals surface area contributed by atoms with E-state index < -0.39 is 10.0 Å². The Labute approximate surface area is 230 Å². The van der Waals surface area contributed by atoms with Crippen LogP contribution in [0.25, 0.3) is 10.2 Å². The number of fused-ring (bicyclic) bond motifs is 1. The average Bonchev–Trinajstić information content (AvgIpc) is 3.33. The van der Waals surface area contributed by atoms with Crippen molar-refractivity contribution in [3.8, 4) is 0 Å². The van der Waals surface area contributed by atoms with Crippen molar-refractivity contribution >= 4 is 42.6 Å². The van der Waals surface area contributed by atoms with Crippen molar-refractivity contribution in [1.82, 2.24) is 14.2 Å². The van der Waals surface area contributed by atoms with E-state index in [1.165, 1.54) is 35.6 Å². The normalized spacial score (nSPS) is 12.1. The summed E-state index contributed by atoms with van der Waals surface area (Å²) in [5.74, 6) is -0.619. The van der Waals surface area contributed by atoms with Gasteiger partial charge in [0.2, 0.25) is 10.0 Å². The molecule has 1 heterocycles. The van der Waals surface area contributed by atoms with Crippen molar-refractivity contribution in [3.63, 3.8) is 0 Å². The van der Waals surface area contributed by atoms with Gasteiger partial charge in [-0.3, -0.25) is 9.69 Å². The fraction of sp³-hybridized carbons (Fsp3) is 0.500. The summed E-state index contributed by atoms with van der Waals surface area (Å²) in [4.78, 5) is 22.3. The molecular formula is C28H39FN4O3S2. The molecule has 2 aromatic carbocycles. The molecule has 0 bridgehead atoms. The number of benzene rings is 2. The van der Waals surface area contributed by atoms with Gasteiger partial charge in [-0.25, -0.2) is 17.8 Å². The van der Waals surface area contributed by atoms with E-state index in [1.807, 2.05) is 13.8 Å². The molecule has 0 aliphatic rings. The van der Waals surface area contributed by atoms with Crippen molar-refractivity contribution in [1.29, 1.82) is 0 Å². The number of nitrogens with zero attached hydrogens (tertiary/aromatic N) is 4. The number of halogens is 1. The Hall–Kier alpha value is -2.40. The Morgan fingerprint density at radius 2 is 1.53 bits per heavy atom. The smallest absolute Gasteiger partial charge is 0.260 e. The monoisotopic (exact) mass is 562 g/mol. The minimum absolute atomic E-state index is 0.186. The molecule has 0 aliphatic heterocycles. The van der Waals surface area contributed by atoms with Crippen LogP contribution in [-0.4, -0.2) is 67.8 Å². The van der Waals surface area contributed by atoms with Crippen molar-refractivity contribution in [3.05, 3.63) is 53.8 Å². The van der Waals surface area contributed by atoms with Gasteiger partial charge < -0.3 is 4.90 Å². The van der Waals surface area contributed by atoms with E-state index in [0.717, 1.165) is 38.8 Å². The van der Waals surface area contributed by atoms with Gasteiger partial charge in [-0.15, -0.1) is 0 Å². The Kier molecular flexibility index (Phi) is 11.2. The molecule has 7 nitrogen and oxygen atoms in total. The average molecular weight is 563 g/mol. The lowest BCUT2D eigenvalue weighted by Crippen LogP contribution is -2.39. The largest absolute Gasteiger partial charge is 0.302 e. The fourth-order valence-corrected chi connectivity index (χ4v) is 6.69. The standard InChI is InChI=1S/C28H39FN4O3S2/c1-5-9-17-32(18-10-6-2)38(35,36)24-14-11-22(12-15-24)27(34)33(20-19-31(7-3)8-4)28-30-25-16-13-23(29)21-26(25)37-28/h11-16,21H,5-10,17-20H2,1-4H3. The Balaban J connectivity index is 1.90. The SMILES string of the molecule is CCCCN(CCCC)S(=O)(=O)c1ccc(C(=O)N(CCN(CC)CC)c2nc3ccc(F)cc3s2)cc1. The Morgan fingerprint density at radius 1 is 0.895 bits per heavy atom. The molecule has 1 amide bonds. The molecule has 10 heteroatoms. The number of sulfonamides is 1. The van der Waals surface area contributed by atoms with Gasteiger partial charge in [-0.1, -0.05) is 51.9 Å². The molecule has 0 fully saturated rings. The first-order chi connectivity index (χ1) is 18.2. The van der Waals surface area contributed by atoms with Gasteiger partial charge in [-0.05, 0) is 68.4 Å². The van der Waals surface area contributed by atoms with Gasteiger partial charge in [0, 0.05) is 31.7 Å². The summed E-state index contributed by atoms with van der Waals surface area (Å²) < 4.78 is 42.7. The lowest BCUT2D eigenvalue weighted by Gasteiger charge is -2.25. The predicted molar refractivity (Wildman–Crippen MR) is 154 cm³/mol. The van der Waals surface area contributed by atoms with Gasteiger partial charge in [-0.2, -0.15) is 4.31 Å². The van der Waals surface area contributed by atoms with Crippen molar-refractivity contribution in [2.24, 2.45) is 0 Å². The molecule has 3 rings (SSSR count). The predicted octanol–water partition coefficient (Wildman–Crippen LogP) is 6.01.